The first-order chi connectivity index (χ1) is 5.93. The van der Waals surface area contributed by atoms with Crippen LogP contribution < -0.4 is 5.32 Å². The number of hydrogen-bond acceptors (Lipinski definition) is 2. The van der Waals surface area contributed by atoms with Gasteiger partial charge in [-0.25, -0.2) is 0 Å². The largest absolute Gasteiger partial charge is 0.337 e. The van der Waals surface area contributed by atoms with E-state index in [0.29, 0.717) is 6.04 Å². The van der Waals surface area contributed by atoms with Crippen LogP contribution in [0.15, 0.2) is 0 Å². The third kappa shape index (κ3) is 2.44. The Bertz CT molecular complexity index is 196. The van der Waals surface area contributed by atoms with Gasteiger partial charge in [0.25, 0.3) is 0 Å². The Labute approximate surface area is 80.5 Å². The van der Waals surface area contributed by atoms with Crippen molar-refractivity contribution in [1.29, 1.82) is 0 Å². The average molecular weight is 184 g/mol. The van der Waals surface area contributed by atoms with Crippen LogP contribution in [0.25, 0.3) is 0 Å². The number of amides is 1. The Morgan fingerprint density at radius 3 is 2.54 bits per heavy atom. The van der Waals surface area contributed by atoms with E-state index < -0.39 is 0 Å². The van der Waals surface area contributed by atoms with Gasteiger partial charge < -0.3 is 10.2 Å². The minimum atomic E-state index is -0.244. The molecule has 0 radical (unpaired) electrons. The van der Waals surface area contributed by atoms with E-state index >= 15 is 0 Å². The van der Waals surface area contributed by atoms with E-state index in [1.165, 1.54) is 0 Å². The molecule has 3 nitrogen and oxygen atoms in total. The van der Waals surface area contributed by atoms with Crippen LogP contribution in [-0.2, 0) is 4.79 Å². The van der Waals surface area contributed by atoms with E-state index in [-0.39, 0.29) is 11.3 Å². The first-order valence-corrected chi connectivity index (χ1v) is 4.94. The molecule has 1 heterocycles. The normalized spacial score (nSPS) is 24.6. The lowest BCUT2D eigenvalue weighted by Crippen LogP contribution is -2.55. The molecule has 1 N–H and O–H groups in total. The Balaban J connectivity index is 2.64. The van der Waals surface area contributed by atoms with Gasteiger partial charge in [0, 0.05) is 31.1 Å². The smallest absolute Gasteiger partial charge is 0.228 e. The number of nitrogens with zero attached hydrogens (tertiary/aromatic N) is 1. The summed E-state index contributed by atoms with van der Waals surface area (Å²) < 4.78 is 0. The van der Waals surface area contributed by atoms with Gasteiger partial charge >= 0.3 is 0 Å². The van der Waals surface area contributed by atoms with Crippen LogP contribution in [0.1, 0.15) is 27.7 Å². The molecule has 0 aromatic heterocycles. The Kier molecular flexibility index (Phi) is 2.96. The molecule has 0 unspecified atom stereocenters. The second-order valence-corrected chi connectivity index (χ2v) is 4.80. The van der Waals surface area contributed by atoms with Crippen molar-refractivity contribution in [2.75, 3.05) is 19.6 Å². The van der Waals surface area contributed by atoms with E-state index in [9.17, 15) is 4.79 Å². The molecule has 0 aliphatic carbocycles. The topological polar surface area (TPSA) is 32.3 Å². The van der Waals surface area contributed by atoms with Gasteiger partial charge in [0.05, 0.1) is 0 Å². The molecular formula is C10H20N2O. The molecule has 3 heteroatoms. The summed E-state index contributed by atoms with van der Waals surface area (Å²) >= 11 is 0. The quantitative estimate of drug-likeness (QED) is 0.605. The molecule has 1 atom stereocenters. The summed E-state index contributed by atoms with van der Waals surface area (Å²) in [5, 5.41) is 3.28. The number of piperazine rings is 1. The molecule has 1 aliphatic rings. The van der Waals surface area contributed by atoms with E-state index in [1.54, 1.807) is 0 Å². The molecule has 0 aromatic carbocycles. The van der Waals surface area contributed by atoms with E-state index in [2.05, 4.69) is 12.2 Å². The van der Waals surface area contributed by atoms with Crippen molar-refractivity contribution in [3.05, 3.63) is 0 Å². The number of rotatable bonds is 0. The van der Waals surface area contributed by atoms with E-state index in [4.69, 9.17) is 0 Å². The van der Waals surface area contributed by atoms with Crippen LogP contribution in [-0.4, -0.2) is 36.5 Å². The predicted molar refractivity (Wildman–Crippen MR) is 53.5 cm³/mol. The van der Waals surface area contributed by atoms with Crippen LogP contribution in [0.2, 0.25) is 0 Å². The molecule has 0 bridgehead atoms. The highest BCUT2D eigenvalue weighted by Gasteiger charge is 2.31. The lowest BCUT2D eigenvalue weighted by atomic mass is 9.93. The maximum absolute atomic E-state index is 11.9. The van der Waals surface area contributed by atoms with E-state index in [0.717, 1.165) is 19.6 Å². The highest BCUT2D eigenvalue weighted by molar-refractivity contribution is 5.81. The first kappa shape index (κ1) is 10.5. The molecule has 13 heavy (non-hydrogen) atoms. The lowest BCUT2D eigenvalue weighted by molar-refractivity contribution is -0.142. The summed E-state index contributed by atoms with van der Waals surface area (Å²) in [4.78, 5) is 13.9. The molecular weight excluding hydrogens is 164 g/mol. The minimum absolute atomic E-state index is 0.244. The van der Waals surface area contributed by atoms with Crippen LogP contribution >= 0.6 is 0 Å². The van der Waals surface area contributed by atoms with E-state index in [1.807, 2.05) is 25.7 Å². The van der Waals surface area contributed by atoms with Crippen molar-refractivity contribution < 1.29 is 4.79 Å². The van der Waals surface area contributed by atoms with Gasteiger partial charge in [0.15, 0.2) is 0 Å². The van der Waals surface area contributed by atoms with Crippen LogP contribution in [0.3, 0.4) is 0 Å². The van der Waals surface area contributed by atoms with Gasteiger partial charge in [-0.1, -0.05) is 20.8 Å². The summed E-state index contributed by atoms with van der Waals surface area (Å²) in [7, 11) is 0. The third-order valence-corrected chi connectivity index (χ3v) is 2.40. The van der Waals surface area contributed by atoms with Crippen molar-refractivity contribution in [1.82, 2.24) is 10.2 Å². The molecule has 1 aliphatic heterocycles. The van der Waals surface area contributed by atoms with Gasteiger partial charge in [0.1, 0.15) is 0 Å². The Morgan fingerprint density at radius 2 is 2.08 bits per heavy atom. The van der Waals surface area contributed by atoms with Gasteiger partial charge in [0.2, 0.25) is 5.91 Å². The number of carbonyl (C=O) groups excluding carboxylic acids is 1. The zero-order chi connectivity index (χ0) is 10.1. The standard InChI is InChI=1S/C10H20N2O/c1-8-7-11-5-6-12(8)9(13)10(2,3)4/h8,11H,5-7H2,1-4H3/t8-/m0/s1. The Morgan fingerprint density at radius 1 is 1.46 bits per heavy atom. The van der Waals surface area contributed by atoms with Crippen LogP contribution in [0, 0.1) is 5.41 Å². The second kappa shape index (κ2) is 3.66. The number of nitrogens with one attached hydrogen (secondary N) is 1. The fraction of sp³-hybridized carbons (Fsp3) is 0.900. The summed E-state index contributed by atoms with van der Waals surface area (Å²) in [5.74, 6) is 0.265. The van der Waals surface area contributed by atoms with Crippen molar-refractivity contribution in [2.45, 2.75) is 33.7 Å². The second-order valence-electron chi connectivity index (χ2n) is 4.80. The minimum Gasteiger partial charge on any atom is -0.337 e. The summed E-state index contributed by atoms with van der Waals surface area (Å²) in [5.41, 5.74) is -0.244. The molecule has 1 amide bonds. The molecule has 0 saturated carbocycles. The number of carbonyl (C=O) groups is 1. The average Bonchev–Trinajstić information content (AvgIpc) is 2.02. The molecule has 1 fully saturated rings. The summed E-state index contributed by atoms with van der Waals surface area (Å²) in [6.07, 6.45) is 0. The van der Waals surface area contributed by atoms with Crippen LogP contribution in [0.5, 0.6) is 0 Å². The molecule has 0 aromatic rings. The molecule has 1 saturated heterocycles. The Hall–Kier alpha value is -0.570. The maximum Gasteiger partial charge on any atom is 0.228 e. The number of hydrogen-bond donors (Lipinski definition) is 1. The molecule has 76 valence electrons. The van der Waals surface area contributed by atoms with Gasteiger partial charge in [-0.3, -0.25) is 4.79 Å². The molecule has 0 spiro atoms. The van der Waals surface area contributed by atoms with Gasteiger partial charge in [-0.05, 0) is 6.92 Å². The van der Waals surface area contributed by atoms with Gasteiger partial charge in [-0.2, -0.15) is 0 Å². The summed E-state index contributed by atoms with van der Waals surface area (Å²) in [6.45, 7) is 10.7. The zero-order valence-electron chi connectivity index (χ0n) is 9.05. The predicted octanol–water partition coefficient (Wildman–Crippen LogP) is 0.853. The fourth-order valence-electron chi connectivity index (χ4n) is 1.57. The third-order valence-electron chi connectivity index (χ3n) is 2.40. The SMILES string of the molecule is C[C@H]1CNCCN1C(=O)C(C)(C)C. The highest BCUT2D eigenvalue weighted by atomic mass is 16.2. The zero-order valence-corrected chi connectivity index (χ0v) is 9.05. The lowest BCUT2D eigenvalue weighted by Gasteiger charge is -2.37. The van der Waals surface area contributed by atoms with Crippen LogP contribution in [0.4, 0.5) is 0 Å². The van der Waals surface area contributed by atoms with Crippen molar-refractivity contribution in [3.63, 3.8) is 0 Å². The van der Waals surface area contributed by atoms with Gasteiger partial charge in [-0.15, -0.1) is 0 Å². The fourth-order valence-corrected chi connectivity index (χ4v) is 1.57. The molecule has 1 rings (SSSR count). The van der Waals surface area contributed by atoms with Crippen molar-refractivity contribution >= 4 is 5.91 Å². The highest BCUT2D eigenvalue weighted by Crippen LogP contribution is 2.19. The van der Waals surface area contributed by atoms with Crippen molar-refractivity contribution in [2.24, 2.45) is 5.41 Å². The summed E-state index contributed by atoms with van der Waals surface area (Å²) in [6, 6.07) is 0.334. The monoisotopic (exact) mass is 184 g/mol. The van der Waals surface area contributed by atoms with Crippen molar-refractivity contribution in [3.8, 4) is 0 Å². The maximum atomic E-state index is 11.9. The first-order valence-electron chi connectivity index (χ1n) is 4.94.